The zero-order valence-corrected chi connectivity index (χ0v) is 34.6. The number of allylic oxidation sites excluding steroid dienone is 1. The van der Waals surface area contributed by atoms with Gasteiger partial charge in [0.15, 0.2) is 5.82 Å². The van der Waals surface area contributed by atoms with Gasteiger partial charge in [-0.2, -0.15) is 18.2 Å². The molecule has 0 bridgehead atoms. The molecule has 62 heavy (non-hydrogen) atoms. The summed E-state index contributed by atoms with van der Waals surface area (Å²) in [5.41, 5.74) is -1.24. The fourth-order valence-electron chi connectivity index (χ4n) is 9.07. The van der Waals surface area contributed by atoms with Crippen molar-refractivity contribution in [3.63, 3.8) is 0 Å². The number of para-hydroxylation sites is 1. The van der Waals surface area contributed by atoms with Crippen molar-refractivity contribution in [1.82, 2.24) is 30.2 Å². The number of alkyl halides is 3. The Bertz CT molecular complexity index is 2550. The lowest BCUT2D eigenvalue weighted by molar-refractivity contribution is -0.143. The maximum Gasteiger partial charge on any atom is 0.416 e. The summed E-state index contributed by atoms with van der Waals surface area (Å²) >= 11 is 0. The van der Waals surface area contributed by atoms with Crippen molar-refractivity contribution in [1.29, 1.82) is 0 Å². The lowest BCUT2D eigenvalue weighted by Crippen LogP contribution is -2.58. The van der Waals surface area contributed by atoms with Crippen LogP contribution in [0.4, 0.5) is 13.2 Å². The van der Waals surface area contributed by atoms with Crippen molar-refractivity contribution in [2.75, 3.05) is 6.54 Å². The van der Waals surface area contributed by atoms with Gasteiger partial charge < -0.3 is 24.7 Å². The van der Waals surface area contributed by atoms with Crippen LogP contribution in [0.5, 0.6) is 5.88 Å². The van der Waals surface area contributed by atoms with Gasteiger partial charge in [-0.25, -0.2) is 13.4 Å². The number of hydrogen-bond donors (Lipinski definition) is 3. The van der Waals surface area contributed by atoms with Gasteiger partial charge in [0, 0.05) is 29.2 Å². The minimum atomic E-state index is -4.56. The fourth-order valence-corrected chi connectivity index (χ4v) is 10.4. The minimum absolute atomic E-state index is 0.0473. The highest BCUT2D eigenvalue weighted by Gasteiger charge is 2.62. The van der Waals surface area contributed by atoms with E-state index in [0.29, 0.717) is 48.6 Å². The summed E-state index contributed by atoms with van der Waals surface area (Å²) in [6, 6.07) is 9.23. The van der Waals surface area contributed by atoms with Crippen LogP contribution >= 0.6 is 0 Å². The van der Waals surface area contributed by atoms with E-state index in [1.165, 1.54) is 17.0 Å². The van der Waals surface area contributed by atoms with Gasteiger partial charge in [0.2, 0.25) is 33.3 Å². The van der Waals surface area contributed by atoms with Crippen molar-refractivity contribution in [2.45, 2.75) is 119 Å². The van der Waals surface area contributed by atoms with E-state index in [1.54, 1.807) is 24.3 Å². The van der Waals surface area contributed by atoms with Gasteiger partial charge in [0.1, 0.15) is 34.8 Å². The Balaban J connectivity index is 1.06. The van der Waals surface area contributed by atoms with E-state index in [0.717, 1.165) is 50.7 Å². The topological polar surface area (TPSA) is 190 Å². The quantitative estimate of drug-likeness (QED) is 0.175. The molecule has 5 aliphatic rings. The van der Waals surface area contributed by atoms with Crippen LogP contribution in [0.15, 0.2) is 65.1 Å². The maximum absolute atomic E-state index is 14.8. The first-order valence-corrected chi connectivity index (χ1v) is 22.9. The first kappa shape index (κ1) is 41.8. The Kier molecular flexibility index (Phi) is 11.0. The van der Waals surface area contributed by atoms with E-state index in [2.05, 4.69) is 25.3 Å². The van der Waals surface area contributed by atoms with Gasteiger partial charge in [0.05, 0.1) is 17.4 Å². The molecule has 3 saturated carbocycles. The van der Waals surface area contributed by atoms with E-state index in [-0.39, 0.29) is 54.1 Å². The number of aromatic nitrogens is 2. The number of hydrogen-bond acceptors (Lipinski definition) is 10. The second kappa shape index (κ2) is 16.3. The number of amides is 4. The van der Waals surface area contributed by atoms with E-state index in [1.807, 2.05) is 12.2 Å². The highest BCUT2D eigenvalue weighted by atomic mass is 32.2. The standard InChI is InChI=1S/C44H47F3N6O8S/c45-44(46,47)27-18-16-25(17-19-27)37-49-35-31-13-8-9-15-34(31)61-36(35)40(50-37)60-29-22-33-39(55)51-43(42(57)52-62(58,59)30-20-21-30)23-28(43)12-4-2-1-3-5-14-32(41(56)53(33)24-29)48-38(54)26-10-6-7-11-26/h4,8-9,12-13,15-19,26,28-30,32-33H,1-3,5-7,10-11,14,20-24H2,(H,48,54)(H,51,55)(H,52,57)/t28-,29-,32+,33+,43-/m1/s1. The molecular weight excluding hydrogens is 830 g/mol. The van der Waals surface area contributed by atoms with Gasteiger partial charge in [-0.3, -0.25) is 23.9 Å². The normalized spacial score (nSPS) is 26.3. The molecule has 4 aromatic rings. The third kappa shape index (κ3) is 8.37. The van der Waals surface area contributed by atoms with Crippen LogP contribution in [-0.2, 0) is 35.4 Å². The van der Waals surface area contributed by atoms with Crippen molar-refractivity contribution < 1.29 is 49.9 Å². The molecule has 5 atom stereocenters. The molecule has 4 heterocycles. The number of sulfonamides is 1. The largest absolute Gasteiger partial charge is 0.470 e. The Morgan fingerprint density at radius 2 is 1.68 bits per heavy atom. The SMILES string of the molecule is O=C(N[C@H]1CCCCCC=C[C@@H]2C[C@@]2(C(=O)NS(=O)(=O)C2CC2)NC(=O)[C@@H]2C[C@@H](Oc3nc(-c4ccc(C(F)(F)F)cc4)nc4c3oc3ccccc34)CN2C1=O)C1CCCC1. The molecule has 9 rings (SSSR count). The number of nitrogens with zero attached hydrogens (tertiary/aromatic N) is 3. The van der Waals surface area contributed by atoms with Crippen molar-refractivity contribution in [2.24, 2.45) is 11.8 Å². The molecule has 2 aliphatic heterocycles. The van der Waals surface area contributed by atoms with Crippen LogP contribution in [0.1, 0.15) is 89.0 Å². The highest BCUT2D eigenvalue weighted by Crippen LogP contribution is 2.46. The van der Waals surface area contributed by atoms with E-state index >= 15 is 0 Å². The van der Waals surface area contributed by atoms with E-state index in [4.69, 9.17) is 9.15 Å². The van der Waals surface area contributed by atoms with Crippen LogP contribution in [0, 0.1) is 11.8 Å². The summed E-state index contributed by atoms with van der Waals surface area (Å²) in [5.74, 6) is -2.99. The smallest absolute Gasteiger partial charge is 0.416 e. The van der Waals surface area contributed by atoms with Crippen molar-refractivity contribution >= 4 is 55.7 Å². The molecule has 0 radical (unpaired) electrons. The van der Waals surface area contributed by atoms with Gasteiger partial charge >= 0.3 is 6.18 Å². The van der Waals surface area contributed by atoms with Crippen molar-refractivity contribution in [3.05, 3.63) is 66.2 Å². The lowest BCUT2D eigenvalue weighted by Gasteiger charge is -2.30. The molecule has 0 unspecified atom stereocenters. The molecule has 1 saturated heterocycles. The molecular formula is C44H47F3N6O8S. The predicted octanol–water partition coefficient (Wildman–Crippen LogP) is 6.09. The number of nitrogens with one attached hydrogen (secondary N) is 3. The average molecular weight is 877 g/mol. The molecule has 14 nitrogen and oxygen atoms in total. The summed E-state index contributed by atoms with van der Waals surface area (Å²) in [6.45, 7) is -0.146. The molecule has 18 heteroatoms. The first-order chi connectivity index (χ1) is 29.7. The second-order valence-corrected chi connectivity index (χ2v) is 19.2. The van der Waals surface area contributed by atoms with Gasteiger partial charge in [0.25, 0.3) is 11.8 Å². The molecule has 4 amide bonds. The predicted molar refractivity (Wildman–Crippen MR) is 219 cm³/mol. The molecule has 328 valence electrons. The van der Waals surface area contributed by atoms with Gasteiger partial charge in [-0.1, -0.05) is 62.1 Å². The first-order valence-electron chi connectivity index (χ1n) is 21.4. The lowest BCUT2D eigenvalue weighted by atomic mass is 10.0. The number of fused-ring (bicyclic) bond motifs is 5. The summed E-state index contributed by atoms with van der Waals surface area (Å²) < 4.78 is 81.2. The highest BCUT2D eigenvalue weighted by molar-refractivity contribution is 7.91. The Morgan fingerprint density at radius 1 is 0.935 bits per heavy atom. The van der Waals surface area contributed by atoms with Crippen LogP contribution in [0.2, 0.25) is 0 Å². The minimum Gasteiger partial charge on any atom is -0.470 e. The molecule has 3 aliphatic carbocycles. The number of rotatable bonds is 8. The number of ether oxygens (including phenoxy) is 1. The summed E-state index contributed by atoms with van der Waals surface area (Å²) in [4.78, 5) is 67.4. The monoisotopic (exact) mass is 876 g/mol. The summed E-state index contributed by atoms with van der Waals surface area (Å²) in [7, 11) is -3.96. The van der Waals surface area contributed by atoms with Crippen LogP contribution in [0.25, 0.3) is 33.5 Å². The Hall–Kier alpha value is -5.52. The summed E-state index contributed by atoms with van der Waals surface area (Å²) in [6.07, 6.45) is 5.61. The van der Waals surface area contributed by atoms with Gasteiger partial charge in [-0.15, -0.1) is 0 Å². The number of carbonyl (C=O) groups excluding carboxylic acids is 4. The number of carbonyl (C=O) groups is 4. The van der Waals surface area contributed by atoms with Crippen LogP contribution < -0.4 is 20.1 Å². The zero-order chi connectivity index (χ0) is 43.4. The molecule has 3 N–H and O–H groups in total. The Labute approximate surface area is 355 Å². The van der Waals surface area contributed by atoms with Crippen LogP contribution in [-0.4, -0.2) is 82.4 Å². The molecule has 0 spiro atoms. The van der Waals surface area contributed by atoms with E-state index < -0.39 is 74.4 Å². The number of furan rings is 1. The number of benzene rings is 2. The van der Waals surface area contributed by atoms with E-state index in [9.17, 15) is 40.8 Å². The maximum atomic E-state index is 14.8. The molecule has 2 aromatic carbocycles. The van der Waals surface area contributed by atoms with Crippen molar-refractivity contribution in [3.8, 4) is 17.3 Å². The fraction of sp³-hybridized carbons (Fsp3) is 0.500. The summed E-state index contributed by atoms with van der Waals surface area (Å²) in [5, 5.41) is 5.78. The third-order valence-electron chi connectivity index (χ3n) is 12.8. The average Bonchev–Trinajstić information content (AvgIpc) is 4.03. The zero-order valence-electron chi connectivity index (χ0n) is 33.8. The molecule has 4 fully saturated rings. The number of halogens is 3. The Morgan fingerprint density at radius 3 is 2.42 bits per heavy atom. The van der Waals surface area contributed by atoms with Crippen LogP contribution in [0.3, 0.4) is 0 Å². The van der Waals surface area contributed by atoms with Gasteiger partial charge in [-0.05, 0) is 75.6 Å². The molecule has 2 aromatic heterocycles. The second-order valence-electron chi connectivity index (χ2n) is 17.2. The third-order valence-corrected chi connectivity index (χ3v) is 14.6.